The fraction of sp³-hybridized carbons (Fsp3) is 1.00. The van der Waals surface area contributed by atoms with Crippen molar-refractivity contribution in [2.45, 2.75) is 72.2 Å². The summed E-state index contributed by atoms with van der Waals surface area (Å²) in [4.78, 5) is 0. The maximum absolute atomic E-state index is 6.05. The average Bonchev–Trinajstić information content (AvgIpc) is 2.18. The van der Waals surface area contributed by atoms with E-state index in [1.807, 2.05) is 0 Å². The van der Waals surface area contributed by atoms with Gasteiger partial charge in [0.15, 0.2) is 0 Å². The second kappa shape index (κ2) is 5.55. The summed E-state index contributed by atoms with van der Waals surface area (Å²) in [7, 11) is 0.0138. The van der Waals surface area contributed by atoms with Crippen LogP contribution in [0.15, 0.2) is 0 Å². The Hall–Kier alpha value is -0.0151. The molecular formula is C13H27BO2. The summed E-state index contributed by atoms with van der Waals surface area (Å²) in [5, 5.41) is 0. The maximum atomic E-state index is 6.05. The quantitative estimate of drug-likeness (QED) is 0.522. The minimum absolute atomic E-state index is 0.0138. The first-order valence-electron chi connectivity index (χ1n) is 6.68. The van der Waals surface area contributed by atoms with E-state index in [9.17, 15) is 0 Å². The molecule has 0 radical (unpaired) electrons. The lowest BCUT2D eigenvalue weighted by Gasteiger charge is -2.47. The third-order valence-corrected chi connectivity index (χ3v) is 3.98. The zero-order chi connectivity index (χ0) is 12.2. The van der Waals surface area contributed by atoms with Crippen molar-refractivity contribution in [2.24, 2.45) is 5.41 Å². The van der Waals surface area contributed by atoms with Crippen molar-refractivity contribution in [2.75, 3.05) is 6.61 Å². The first-order chi connectivity index (χ1) is 7.39. The van der Waals surface area contributed by atoms with Gasteiger partial charge in [-0.25, -0.2) is 0 Å². The zero-order valence-electron chi connectivity index (χ0n) is 11.6. The van der Waals surface area contributed by atoms with Crippen LogP contribution in [0.1, 0.15) is 60.3 Å². The Morgan fingerprint density at radius 1 is 1.06 bits per heavy atom. The number of unbranched alkanes of at least 4 members (excludes halogenated alkanes) is 3. The Labute approximate surface area is 101 Å². The van der Waals surface area contributed by atoms with Gasteiger partial charge in [-0.15, -0.1) is 0 Å². The predicted molar refractivity (Wildman–Crippen MR) is 69.6 cm³/mol. The molecule has 1 aliphatic heterocycles. The van der Waals surface area contributed by atoms with E-state index in [2.05, 4.69) is 34.6 Å². The second-order valence-corrected chi connectivity index (χ2v) is 6.10. The largest absolute Gasteiger partial charge is 0.457 e. The van der Waals surface area contributed by atoms with Gasteiger partial charge in [-0.3, -0.25) is 0 Å². The molecule has 0 bridgehead atoms. The van der Waals surface area contributed by atoms with Gasteiger partial charge >= 0.3 is 7.12 Å². The smallest absolute Gasteiger partial charge is 0.410 e. The highest BCUT2D eigenvalue weighted by molar-refractivity contribution is 6.44. The molecule has 0 unspecified atom stereocenters. The molecule has 0 atom stereocenters. The Balaban J connectivity index is 2.32. The molecule has 0 amide bonds. The van der Waals surface area contributed by atoms with Crippen LogP contribution in [0.2, 0.25) is 6.32 Å². The molecule has 0 N–H and O–H groups in total. The summed E-state index contributed by atoms with van der Waals surface area (Å²) in [5.74, 6) is 0. The monoisotopic (exact) mass is 226 g/mol. The van der Waals surface area contributed by atoms with E-state index >= 15 is 0 Å². The average molecular weight is 226 g/mol. The molecule has 0 aromatic carbocycles. The summed E-state index contributed by atoms with van der Waals surface area (Å²) in [6, 6.07) is 0. The van der Waals surface area contributed by atoms with Gasteiger partial charge in [-0.05, 0) is 20.2 Å². The molecule has 2 nitrogen and oxygen atoms in total. The molecular weight excluding hydrogens is 199 g/mol. The Kier molecular flexibility index (Phi) is 4.87. The maximum Gasteiger partial charge on any atom is 0.457 e. The third-order valence-electron chi connectivity index (χ3n) is 3.98. The van der Waals surface area contributed by atoms with Gasteiger partial charge in [-0.2, -0.15) is 0 Å². The molecule has 1 aliphatic rings. The highest BCUT2D eigenvalue weighted by Crippen LogP contribution is 2.38. The summed E-state index contributed by atoms with van der Waals surface area (Å²) < 4.78 is 11.8. The van der Waals surface area contributed by atoms with Crippen LogP contribution in [0.4, 0.5) is 0 Å². The van der Waals surface area contributed by atoms with Crippen LogP contribution in [0, 0.1) is 5.41 Å². The van der Waals surface area contributed by atoms with Crippen LogP contribution in [0.3, 0.4) is 0 Å². The first kappa shape index (κ1) is 14.0. The topological polar surface area (TPSA) is 18.5 Å². The highest BCUT2D eigenvalue weighted by atomic mass is 16.6. The molecule has 16 heavy (non-hydrogen) atoms. The van der Waals surface area contributed by atoms with E-state index in [1.54, 1.807) is 0 Å². The lowest BCUT2D eigenvalue weighted by molar-refractivity contribution is -0.0979. The van der Waals surface area contributed by atoms with E-state index in [-0.39, 0.29) is 18.1 Å². The molecule has 0 aliphatic carbocycles. The zero-order valence-corrected chi connectivity index (χ0v) is 11.6. The van der Waals surface area contributed by atoms with Crippen molar-refractivity contribution in [3.05, 3.63) is 0 Å². The summed E-state index contributed by atoms with van der Waals surface area (Å²) >= 11 is 0. The van der Waals surface area contributed by atoms with E-state index in [4.69, 9.17) is 9.31 Å². The highest BCUT2D eigenvalue weighted by Gasteiger charge is 2.45. The van der Waals surface area contributed by atoms with Gasteiger partial charge in [0.05, 0.1) is 5.60 Å². The van der Waals surface area contributed by atoms with E-state index in [0.29, 0.717) is 0 Å². The Morgan fingerprint density at radius 2 is 1.75 bits per heavy atom. The summed E-state index contributed by atoms with van der Waals surface area (Å²) in [5.41, 5.74) is 0.0214. The minimum Gasteiger partial charge on any atom is -0.410 e. The Bertz CT molecular complexity index is 214. The van der Waals surface area contributed by atoms with Gasteiger partial charge in [0.2, 0.25) is 0 Å². The molecule has 0 aromatic rings. The molecule has 0 aromatic heterocycles. The molecule has 1 fully saturated rings. The van der Waals surface area contributed by atoms with Crippen LogP contribution in [-0.2, 0) is 9.31 Å². The van der Waals surface area contributed by atoms with E-state index in [1.165, 1.54) is 25.7 Å². The predicted octanol–water partition coefficient (Wildman–Crippen LogP) is 3.91. The van der Waals surface area contributed by atoms with Crippen LogP contribution in [0.25, 0.3) is 0 Å². The minimum atomic E-state index is -0.0827. The first-order valence-corrected chi connectivity index (χ1v) is 6.68. The van der Waals surface area contributed by atoms with Crippen molar-refractivity contribution >= 4 is 7.12 Å². The van der Waals surface area contributed by atoms with Gasteiger partial charge in [0, 0.05) is 12.0 Å². The van der Waals surface area contributed by atoms with Gasteiger partial charge < -0.3 is 9.31 Å². The SMILES string of the molecule is CCCCCCB1OCC(C)(C)C(C)(C)O1. The summed E-state index contributed by atoms with van der Waals surface area (Å²) in [6.07, 6.45) is 6.16. The fourth-order valence-corrected chi connectivity index (χ4v) is 1.88. The van der Waals surface area contributed by atoms with Crippen LogP contribution in [-0.4, -0.2) is 19.3 Å². The molecule has 0 spiro atoms. The van der Waals surface area contributed by atoms with Crippen LogP contribution < -0.4 is 0 Å². The van der Waals surface area contributed by atoms with Crippen molar-refractivity contribution in [3.8, 4) is 0 Å². The van der Waals surface area contributed by atoms with Crippen molar-refractivity contribution < 1.29 is 9.31 Å². The number of rotatable bonds is 5. The van der Waals surface area contributed by atoms with Crippen molar-refractivity contribution in [3.63, 3.8) is 0 Å². The lowest BCUT2D eigenvalue weighted by atomic mass is 9.70. The van der Waals surface area contributed by atoms with Gasteiger partial charge in [-0.1, -0.05) is 46.5 Å². The third kappa shape index (κ3) is 3.49. The molecule has 0 saturated carbocycles. The second-order valence-electron chi connectivity index (χ2n) is 6.10. The molecule has 94 valence electrons. The standard InChI is InChI=1S/C13H27BO2/c1-6-7-8-9-10-14-15-11-12(2,3)13(4,5)16-14/h6-11H2,1-5H3. The van der Waals surface area contributed by atoms with Gasteiger partial charge in [0.25, 0.3) is 0 Å². The van der Waals surface area contributed by atoms with Crippen LogP contribution in [0.5, 0.6) is 0 Å². The molecule has 3 heteroatoms. The summed E-state index contributed by atoms with van der Waals surface area (Å²) in [6.45, 7) is 11.8. The molecule has 1 saturated heterocycles. The van der Waals surface area contributed by atoms with Crippen LogP contribution >= 0.6 is 0 Å². The molecule has 1 heterocycles. The Morgan fingerprint density at radius 3 is 2.31 bits per heavy atom. The van der Waals surface area contributed by atoms with Gasteiger partial charge in [0.1, 0.15) is 0 Å². The molecule has 1 rings (SSSR count). The lowest BCUT2D eigenvalue weighted by Crippen LogP contribution is -2.54. The fourth-order valence-electron chi connectivity index (χ4n) is 1.88. The van der Waals surface area contributed by atoms with Crippen molar-refractivity contribution in [1.29, 1.82) is 0 Å². The number of hydrogen-bond acceptors (Lipinski definition) is 2. The van der Waals surface area contributed by atoms with E-state index in [0.717, 1.165) is 12.9 Å². The van der Waals surface area contributed by atoms with E-state index < -0.39 is 0 Å². The van der Waals surface area contributed by atoms with Crippen molar-refractivity contribution in [1.82, 2.24) is 0 Å². The normalized spacial score (nSPS) is 23.4. The number of hydrogen-bond donors (Lipinski definition) is 0.